The minimum atomic E-state index is 0.267. The molecule has 0 aromatic carbocycles. The number of amides is 2. The van der Waals surface area contributed by atoms with Crippen molar-refractivity contribution in [1.82, 2.24) is 9.80 Å². The van der Waals surface area contributed by atoms with Crippen LogP contribution in [0.1, 0.15) is 33.1 Å². The summed E-state index contributed by atoms with van der Waals surface area (Å²) in [6, 6.07) is 1.19. The molecule has 3 heteroatoms. The normalized spacial score (nSPS) is 33.4. The lowest BCUT2D eigenvalue weighted by molar-refractivity contribution is 0.0537. The maximum absolute atomic E-state index is 11.9. The fraction of sp³-hybridized carbons (Fsp3) is 0.900. The first-order chi connectivity index (χ1) is 6.20. The molecule has 2 unspecified atom stereocenters. The molecule has 0 N–H and O–H groups in total. The van der Waals surface area contributed by atoms with Crippen molar-refractivity contribution >= 4 is 6.03 Å². The largest absolute Gasteiger partial charge is 0.325 e. The summed E-state index contributed by atoms with van der Waals surface area (Å²) in [5.41, 5.74) is 0. The van der Waals surface area contributed by atoms with Gasteiger partial charge in [0.15, 0.2) is 0 Å². The molecule has 2 aliphatic heterocycles. The summed E-state index contributed by atoms with van der Waals surface area (Å²) in [6.45, 7) is 6.20. The Morgan fingerprint density at radius 3 is 2.15 bits per heavy atom. The molecule has 0 spiro atoms. The molecule has 0 radical (unpaired) electrons. The lowest BCUT2D eigenvalue weighted by atomic mass is 9.96. The van der Waals surface area contributed by atoms with Gasteiger partial charge >= 0.3 is 6.03 Å². The molecule has 0 bridgehead atoms. The minimum Gasteiger partial charge on any atom is -0.325 e. The second-order valence-corrected chi connectivity index (χ2v) is 4.32. The zero-order valence-electron chi connectivity index (χ0n) is 8.49. The van der Waals surface area contributed by atoms with E-state index in [4.69, 9.17) is 0 Å². The van der Waals surface area contributed by atoms with Crippen molar-refractivity contribution in [1.29, 1.82) is 0 Å². The number of hydrogen-bond donors (Lipinski definition) is 0. The van der Waals surface area contributed by atoms with Crippen LogP contribution in [0.4, 0.5) is 4.79 Å². The van der Waals surface area contributed by atoms with E-state index in [-0.39, 0.29) is 6.03 Å². The van der Waals surface area contributed by atoms with Crippen molar-refractivity contribution in [2.75, 3.05) is 13.1 Å². The molecule has 2 aliphatic rings. The molecule has 2 saturated heterocycles. The average molecular weight is 182 g/mol. The maximum atomic E-state index is 11.9. The highest BCUT2D eigenvalue weighted by molar-refractivity contribution is 5.76. The predicted molar refractivity (Wildman–Crippen MR) is 51.6 cm³/mol. The van der Waals surface area contributed by atoms with E-state index in [1.54, 1.807) is 0 Å². The van der Waals surface area contributed by atoms with E-state index in [2.05, 4.69) is 13.8 Å². The first kappa shape index (κ1) is 8.85. The molecule has 0 aromatic heterocycles. The third-order valence-corrected chi connectivity index (χ3v) is 3.23. The van der Waals surface area contributed by atoms with Gasteiger partial charge in [0.05, 0.1) is 0 Å². The van der Waals surface area contributed by atoms with E-state index in [0.29, 0.717) is 12.1 Å². The lowest BCUT2D eigenvalue weighted by Gasteiger charge is -2.46. The Balaban J connectivity index is 1.95. The van der Waals surface area contributed by atoms with E-state index in [0.717, 1.165) is 13.1 Å². The Labute approximate surface area is 79.7 Å². The highest BCUT2D eigenvalue weighted by Crippen LogP contribution is 2.27. The number of urea groups is 1. The average Bonchev–Trinajstić information content (AvgIpc) is 2.55. The van der Waals surface area contributed by atoms with Crippen LogP contribution in [-0.4, -0.2) is 41.0 Å². The smallest absolute Gasteiger partial charge is 0.320 e. The molecule has 2 heterocycles. The van der Waals surface area contributed by atoms with Crippen LogP contribution in [0, 0.1) is 0 Å². The molecular formula is C10H18N2O. The minimum absolute atomic E-state index is 0.267. The van der Waals surface area contributed by atoms with Crippen molar-refractivity contribution in [3.63, 3.8) is 0 Å². The van der Waals surface area contributed by atoms with E-state index in [1.807, 2.05) is 9.80 Å². The fourth-order valence-corrected chi connectivity index (χ4v) is 2.47. The van der Waals surface area contributed by atoms with Gasteiger partial charge in [-0.05, 0) is 33.1 Å². The van der Waals surface area contributed by atoms with Crippen LogP contribution in [0.3, 0.4) is 0 Å². The van der Waals surface area contributed by atoms with Crippen LogP contribution < -0.4 is 0 Å². The topological polar surface area (TPSA) is 23.6 Å². The van der Waals surface area contributed by atoms with E-state index in [1.165, 1.54) is 19.3 Å². The van der Waals surface area contributed by atoms with Gasteiger partial charge < -0.3 is 9.80 Å². The molecule has 0 aromatic rings. The number of carbonyl (C=O) groups is 1. The zero-order valence-corrected chi connectivity index (χ0v) is 8.49. The number of rotatable bonds is 0. The summed E-state index contributed by atoms with van der Waals surface area (Å²) in [5.74, 6) is 0. The summed E-state index contributed by atoms with van der Waals surface area (Å²) in [5, 5.41) is 0. The fourth-order valence-electron chi connectivity index (χ4n) is 2.47. The Bertz CT molecular complexity index is 203. The number of carbonyl (C=O) groups excluding carboxylic acids is 1. The summed E-state index contributed by atoms with van der Waals surface area (Å²) in [7, 11) is 0. The quantitative estimate of drug-likeness (QED) is 0.559. The zero-order chi connectivity index (χ0) is 9.42. The van der Waals surface area contributed by atoms with Crippen LogP contribution in [0.25, 0.3) is 0 Å². The second-order valence-electron chi connectivity index (χ2n) is 4.32. The standard InChI is InChI=1S/C10H18N2O/c1-8-7-9(2)12(8)10(13)11-5-3-4-6-11/h8-9H,3-7H2,1-2H3. The van der Waals surface area contributed by atoms with Gasteiger partial charge in [0.25, 0.3) is 0 Å². The number of nitrogens with zero attached hydrogens (tertiary/aromatic N) is 2. The molecule has 2 atom stereocenters. The summed E-state index contributed by atoms with van der Waals surface area (Å²) in [4.78, 5) is 15.9. The first-order valence-corrected chi connectivity index (χ1v) is 5.27. The van der Waals surface area contributed by atoms with Gasteiger partial charge in [-0.2, -0.15) is 0 Å². The molecule has 0 saturated carbocycles. The van der Waals surface area contributed by atoms with E-state index >= 15 is 0 Å². The van der Waals surface area contributed by atoms with Crippen molar-refractivity contribution in [3.05, 3.63) is 0 Å². The van der Waals surface area contributed by atoms with Gasteiger partial charge in [-0.25, -0.2) is 4.79 Å². The first-order valence-electron chi connectivity index (χ1n) is 5.27. The Morgan fingerprint density at radius 2 is 1.69 bits per heavy atom. The molecule has 2 fully saturated rings. The molecule has 3 nitrogen and oxygen atoms in total. The molecule has 13 heavy (non-hydrogen) atoms. The summed E-state index contributed by atoms with van der Waals surface area (Å²) < 4.78 is 0. The number of hydrogen-bond acceptors (Lipinski definition) is 1. The van der Waals surface area contributed by atoms with Crippen molar-refractivity contribution in [2.45, 2.75) is 45.2 Å². The van der Waals surface area contributed by atoms with Gasteiger partial charge in [0.1, 0.15) is 0 Å². The van der Waals surface area contributed by atoms with Crippen LogP contribution in [0.2, 0.25) is 0 Å². The van der Waals surface area contributed by atoms with Crippen LogP contribution in [0.15, 0.2) is 0 Å². The predicted octanol–water partition coefficient (Wildman–Crippen LogP) is 1.68. The van der Waals surface area contributed by atoms with Crippen molar-refractivity contribution in [2.24, 2.45) is 0 Å². The SMILES string of the molecule is CC1CC(C)N1C(=O)N1CCCC1. The molecule has 2 amide bonds. The molecule has 0 aliphatic carbocycles. The van der Waals surface area contributed by atoms with Gasteiger partial charge in [-0.3, -0.25) is 0 Å². The number of likely N-dealkylation sites (tertiary alicyclic amines) is 2. The monoisotopic (exact) mass is 182 g/mol. The van der Waals surface area contributed by atoms with Crippen LogP contribution in [0.5, 0.6) is 0 Å². The highest BCUT2D eigenvalue weighted by atomic mass is 16.2. The van der Waals surface area contributed by atoms with Crippen molar-refractivity contribution < 1.29 is 4.79 Å². The van der Waals surface area contributed by atoms with Gasteiger partial charge in [-0.1, -0.05) is 0 Å². The lowest BCUT2D eigenvalue weighted by Crippen LogP contribution is -2.59. The van der Waals surface area contributed by atoms with Crippen LogP contribution >= 0.6 is 0 Å². The van der Waals surface area contributed by atoms with Crippen LogP contribution in [-0.2, 0) is 0 Å². The Hall–Kier alpha value is -0.730. The molecular weight excluding hydrogens is 164 g/mol. The second kappa shape index (κ2) is 3.20. The third-order valence-electron chi connectivity index (χ3n) is 3.23. The Kier molecular flexibility index (Phi) is 2.18. The summed E-state index contributed by atoms with van der Waals surface area (Å²) >= 11 is 0. The van der Waals surface area contributed by atoms with Gasteiger partial charge in [0.2, 0.25) is 0 Å². The Morgan fingerprint density at radius 1 is 1.15 bits per heavy atom. The van der Waals surface area contributed by atoms with Gasteiger partial charge in [0, 0.05) is 25.2 Å². The van der Waals surface area contributed by atoms with E-state index < -0.39 is 0 Å². The molecule has 2 rings (SSSR count). The highest BCUT2D eigenvalue weighted by Gasteiger charge is 2.38. The third kappa shape index (κ3) is 1.40. The summed E-state index contributed by atoms with van der Waals surface area (Å²) in [6.07, 6.45) is 3.53. The molecule has 74 valence electrons. The maximum Gasteiger partial charge on any atom is 0.320 e. The van der Waals surface area contributed by atoms with Crippen molar-refractivity contribution in [3.8, 4) is 0 Å². The van der Waals surface area contributed by atoms with E-state index in [9.17, 15) is 4.79 Å². The van der Waals surface area contributed by atoms with Gasteiger partial charge in [-0.15, -0.1) is 0 Å².